The number of nitrogens with zero attached hydrogens (tertiary/aromatic N) is 3. The van der Waals surface area contributed by atoms with Crippen LogP contribution in [0.1, 0.15) is 0 Å². The zero-order valence-corrected chi connectivity index (χ0v) is 42.8. The molecule has 12 rings (SSSR count). The maximum atomic E-state index is 3.22. The highest BCUT2D eigenvalue weighted by atomic mass is 33.1. The quantitative estimate of drug-likeness (QED) is 0.0933. The molecule has 1 heterocycles. The molecule has 6 heteroatoms. The lowest BCUT2D eigenvalue weighted by Gasteiger charge is -2.31. The fourth-order valence-corrected chi connectivity index (χ4v) is 11.0. The van der Waals surface area contributed by atoms with Crippen molar-refractivity contribution in [1.29, 1.82) is 0 Å². The first-order valence-corrected chi connectivity index (χ1v) is 26.7. The van der Waals surface area contributed by atoms with Gasteiger partial charge in [0, 0.05) is 66.9 Å². The summed E-state index contributed by atoms with van der Waals surface area (Å²) in [5.74, 6) is 0. The predicted molar refractivity (Wildman–Crippen MR) is 323 cm³/mol. The van der Waals surface area contributed by atoms with Crippen molar-refractivity contribution in [3.8, 4) is 44.5 Å². The smallest absolute Gasteiger partial charge is 0.0561 e. The summed E-state index contributed by atoms with van der Waals surface area (Å²) in [6, 6.07) is 101. The summed E-state index contributed by atoms with van der Waals surface area (Å²) in [5, 5.41) is 2.58. The van der Waals surface area contributed by atoms with Crippen molar-refractivity contribution in [3.05, 3.63) is 279 Å². The van der Waals surface area contributed by atoms with E-state index in [9.17, 15) is 0 Å². The Morgan fingerprint density at radius 3 is 1.26 bits per heavy atom. The average Bonchev–Trinajstić information content (AvgIpc) is 3.85. The molecule has 0 bridgehead atoms. The van der Waals surface area contributed by atoms with E-state index >= 15 is 0 Å². The maximum Gasteiger partial charge on any atom is 0.0561 e. The third-order valence-electron chi connectivity index (χ3n) is 13.5. The standard InChI is InChI=1S/C67H49N3S.H2S2/c1-68(55-24-10-4-11-25-55)63-29-17-30-64(67(63)52-20-8-3-9-21-52)70(58-40-32-49(33-41-58)48-18-6-2-7-19-48)59-42-36-51(37-43-59)54-23-16-22-53(46-54)50-34-38-57(39-35-50)69(56-26-12-5-13-27-56)60-44-45-66-62(47-60)61-28-14-15-31-65(61)71-66;1-2/h2-47H,1H3;1-2H. The van der Waals surface area contributed by atoms with Crippen LogP contribution in [0.4, 0.5) is 45.5 Å². The number of thiophene rings is 1. The van der Waals surface area contributed by atoms with Crippen molar-refractivity contribution in [2.45, 2.75) is 0 Å². The van der Waals surface area contributed by atoms with Gasteiger partial charge < -0.3 is 14.7 Å². The Morgan fingerprint density at radius 1 is 0.274 bits per heavy atom. The Balaban J connectivity index is 0.00000284. The van der Waals surface area contributed by atoms with Gasteiger partial charge in [0.15, 0.2) is 0 Å². The molecular formula is C67H51N3S3. The van der Waals surface area contributed by atoms with Gasteiger partial charge >= 0.3 is 0 Å². The molecule has 0 unspecified atom stereocenters. The van der Waals surface area contributed by atoms with E-state index in [0.717, 1.165) is 67.8 Å². The van der Waals surface area contributed by atoms with Gasteiger partial charge in [0.1, 0.15) is 0 Å². The molecule has 0 fully saturated rings. The molecule has 0 saturated carbocycles. The third kappa shape index (κ3) is 9.76. The summed E-state index contributed by atoms with van der Waals surface area (Å²) < 4.78 is 2.61. The zero-order chi connectivity index (χ0) is 49.5. The predicted octanol–water partition coefficient (Wildman–Crippen LogP) is 20.2. The Morgan fingerprint density at radius 2 is 0.671 bits per heavy atom. The number of fused-ring (bicyclic) bond motifs is 3. The molecule has 1 aromatic heterocycles. The third-order valence-corrected chi connectivity index (χ3v) is 14.6. The lowest BCUT2D eigenvalue weighted by Crippen LogP contribution is -2.15. The minimum atomic E-state index is 1.07. The number of hydrogen-bond donors (Lipinski definition) is 2. The second-order valence-corrected chi connectivity index (χ2v) is 18.9. The summed E-state index contributed by atoms with van der Waals surface area (Å²) in [6.45, 7) is 0. The van der Waals surface area contributed by atoms with E-state index in [-0.39, 0.29) is 0 Å². The van der Waals surface area contributed by atoms with Crippen LogP contribution in [0.15, 0.2) is 279 Å². The number of rotatable bonds is 12. The summed E-state index contributed by atoms with van der Waals surface area (Å²) in [6.07, 6.45) is 0. The lowest BCUT2D eigenvalue weighted by atomic mass is 9.97. The van der Waals surface area contributed by atoms with Gasteiger partial charge in [-0.25, -0.2) is 0 Å². The molecule has 0 saturated heterocycles. The van der Waals surface area contributed by atoms with Crippen LogP contribution in [0.2, 0.25) is 0 Å². The average molecular weight is 994 g/mol. The fraction of sp³-hybridized carbons (Fsp3) is 0.0149. The SMILES string of the molecule is CN(c1ccccc1)c1cccc(N(c2ccc(-c3ccccc3)cc2)c2ccc(-c3cccc(-c4ccc(N(c5ccccc5)c5ccc6sc7ccccc7c6c5)cc4)c3)cc2)c1-c1ccccc1.SS. The van der Waals surface area contributed by atoms with E-state index in [4.69, 9.17) is 0 Å². The van der Waals surface area contributed by atoms with E-state index in [1.807, 2.05) is 11.3 Å². The van der Waals surface area contributed by atoms with Crippen molar-refractivity contribution in [2.24, 2.45) is 0 Å². The summed E-state index contributed by atoms with van der Waals surface area (Å²) in [4.78, 5) is 7.05. The van der Waals surface area contributed by atoms with Gasteiger partial charge in [-0.05, 0) is 142 Å². The molecule has 73 heavy (non-hydrogen) atoms. The number of para-hydroxylation sites is 2. The van der Waals surface area contributed by atoms with Crippen molar-refractivity contribution in [1.82, 2.24) is 0 Å². The van der Waals surface area contributed by atoms with Gasteiger partial charge in [0.2, 0.25) is 0 Å². The molecule has 0 amide bonds. The van der Waals surface area contributed by atoms with Crippen molar-refractivity contribution >= 4 is 100 Å². The minimum absolute atomic E-state index is 1.07. The zero-order valence-electron chi connectivity index (χ0n) is 40.2. The molecule has 11 aromatic carbocycles. The first kappa shape index (κ1) is 47.1. The molecule has 0 aliphatic heterocycles. The first-order valence-electron chi connectivity index (χ1n) is 24.3. The summed E-state index contributed by atoms with van der Waals surface area (Å²) >= 11 is 8.29. The molecule has 0 radical (unpaired) electrons. The lowest BCUT2D eigenvalue weighted by molar-refractivity contribution is 1.20. The molecule has 12 aromatic rings. The minimum Gasteiger partial charge on any atom is -0.344 e. The highest BCUT2D eigenvalue weighted by Gasteiger charge is 2.23. The van der Waals surface area contributed by atoms with Crippen molar-refractivity contribution in [3.63, 3.8) is 0 Å². The monoisotopic (exact) mass is 993 g/mol. The van der Waals surface area contributed by atoms with Crippen LogP contribution in [0, 0.1) is 0 Å². The van der Waals surface area contributed by atoms with Gasteiger partial charge in [-0.15, -0.1) is 34.7 Å². The van der Waals surface area contributed by atoms with Crippen molar-refractivity contribution in [2.75, 3.05) is 21.7 Å². The van der Waals surface area contributed by atoms with Crippen LogP contribution in [-0.4, -0.2) is 7.05 Å². The van der Waals surface area contributed by atoms with Gasteiger partial charge in [-0.2, -0.15) is 0 Å². The molecule has 0 aliphatic rings. The highest BCUT2D eigenvalue weighted by Crippen LogP contribution is 2.47. The Hall–Kier alpha value is -8.26. The van der Waals surface area contributed by atoms with Crippen LogP contribution in [0.25, 0.3) is 64.7 Å². The van der Waals surface area contributed by atoms with Crippen LogP contribution >= 0.6 is 34.7 Å². The van der Waals surface area contributed by atoms with Crippen LogP contribution in [0.3, 0.4) is 0 Å². The number of benzene rings is 11. The molecule has 0 atom stereocenters. The van der Waals surface area contributed by atoms with Crippen LogP contribution in [-0.2, 0) is 0 Å². The van der Waals surface area contributed by atoms with Gasteiger partial charge in [-0.1, -0.05) is 176 Å². The van der Waals surface area contributed by atoms with Gasteiger partial charge in [0.25, 0.3) is 0 Å². The normalized spacial score (nSPS) is 10.9. The van der Waals surface area contributed by atoms with E-state index in [1.54, 1.807) is 0 Å². The Labute approximate surface area is 442 Å². The molecular weight excluding hydrogens is 943 g/mol. The fourth-order valence-electron chi connectivity index (χ4n) is 9.91. The summed E-state index contributed by atoms with van der Waals surface area (Å²) in [5.41, 5.74) is 18.2. The Kier molecular flexibility index (Phi) is 13.9. The van der Waals surface area contributed by atoms with Crippen LogP contribution < -0.4 is 14.7 Å². The van der Waals surface area contributed by atoms with Gasteiger partial charge in [-0.3, -0.25) is 0 Å². The number of thiol groups is 2. The second-order valence-electron chi connectivity index (χ2n) is 17.8. The molecule has 352 valence electrons. The van der Waals surface area contributed by atoms with E-state index < -0.39 is 0 Å². The number of hydrogen-bond acceptors (Lipinski definition) is 6. The summed E-state index contributed by atoms with van der Waals surface area (Å²) in [7, 11) is 2.16. The van der Waals surface area contributed by atoms with Crippen LogP contribution in [0.5, 0.6) is 0 Å². The van der Waals surface area contributed by atoms with E-state index in [1.165, 1.54) is 42.4 Å². The largest absolute Gasteiger partial charge is 0.344 e. The molecule has 0 N–H and O–H groups in total. The van der Waals surface area contributed by atoms with E-state index in [2.05, 4.69) is 324 Å². The first-order chi connectivity index (χ1) is 36.1. The topological polar surface area (TPSA) is 9.72 Å². The Bertz CT molecular complexity index is 3750. The maximum absolute atomic E-state index is 3.22. The molecule has 0 aliphatic carbocycles. The number of anilines is 8. The van der Waals surface area contributed by atoms with Gasteiger partial charge in [0.05, 0.1) is 11.4 Å². The van der Waals surface area contributed by atoms with E-state index in [0.29, 0.717) is 0 Å². The second kappa shape index (κ2) is 21.6. The molecule has 3 nitrogen and oxygen atoms in total. The van der Waals surface area contributed by atoms with Crippen molar-refractivity contribution < 1.29 is 0 Å². The molecule has 0 spiro atoms. The highest BCUT2D eigenvalue weighted by molar-refractivity contribution is 8.59.